The highest BCUT2D eigenvalue weighted by molar-refractivity contribution is 5.75. The molecule has 1 rings (SSSR count). The molecule has 1 saturated carbocycles. The van der Waals surface area contributed by atoms with Crippen molar-refractivity contribution >= 4 is 12.3 Å². The predicted molar refractivity (Wildman–Crippen MR) is 38.8 cm³/mol. The number of hydrogen-bond acceptors (Lipinski definition) is 2. The first kappa shape index (κ1) is 8.24. The Morgan fingerprint density at radius 2 is 2.00 bits per heavy atom. The molecule has 0 aliphatic heterocycles. The van der Waals surface area contributed by atoms with Crippen LogP contribution in [0.3, 0.4) is 0 Å². The van der Waals surface area contributed by atoms with Gasteiger partial charge in [0, 0.05) is 5.92 Å². The molecule has 0 heterocycles. The fourth-order valence-corrected chi connectivity index (χ4v) is 1.57. The van der Waals surface area contributed by atoms with Gasteiger partial charge in [-0.05, 0) is 12.8 Å². The quantitative estimate of drug-likeness (QED) is 0.646. The molecule has 2 atom stereocenters. The molecule has 11 heavy (non-hydrogen) atoms. The monoisotopic (exact) mass is 155 g/mol. The molecule has 1 aliphatic rings. The van der Waals surface area contributed by atoms with E-state index in [2.05, 4.69) is 0 Å². The van der Waals surface area contributed by atoms with Gasteiger partial charge in [-0.2, -0.15) is 0 Å². The molecule has 0 aromatic carbocycles. The zero-order valence-corrected chi connectivity index (χ0v) is 6.25. The van der Waals surface area contributed by atoms with Gasteiger partial charge in [0.1, 0.15) is 0 Å². The summed E-state index contributed by atoms with van der Waals surface area (Å²) in [6, 6.07) is 0. The number of carboxylic acid groups (broad SMARTS) is 1. The van der Waals surface area contributed by atoms with Crippen LogP contribution in [0.5, 0.6) is 0 Å². The summed E-state index contributed by atoms with van der Waals surface area (Å²) in [6.07, 6.45) is 5.02. The van der Waals surface area contributed by atoms with Crippen LogP contribution in [0.4, 0.5) is 0 Å². The van der Waals surface area contributed by atoms with Crippen LogP contribution in [0.15, 0.2) is 0 Å². The van der Waals surface area contributed by atoms with Gasteiger partial charge in [0.05, 0.1) is 5.92 Å². The van der Waals surface area contributed by atoms with Crippen LogP contribution >= 0.6 is 0 Å². The average Bonchev–Trinajstić information content (AvgIpc) is 2.04. The van der Waals surface area contributed by atoms with Gasteiger partial charge in [-0.1, -0.05) is 12.8 Å². The van der Waals surface area contributed by atoms with Crippen LogP contribution in [0, 0.1) is 11.8 Å². The van der Waals surface area contributed by atoms with Crippen LogP contribution in [-0.4, -0.2) is 17.4 Å². The molecule has 0 aromatic heterocycles. The summed E-state index contributed by atoms with van der Waals surface area (Å²) < 4.78 is 0. The van der Waals surface area contributed by atoms with E-state index in [4.69, 9.17) is 5.11 Å². The van der Waals surface area contributed by atoms with Gasteiger partial charge >= 0.3 is 5.97 Å². The lowest BCUT2D eigenvalue weighted by atomic mass is 9.80. The highest BCUT2D eigenvalue weighted by Gasteiger charge is 2.30. The molecule has 1 radical (unpaired) electrons. The van der Waals surface area contributed by atoms with Crippen molar-refractivity contribution in [3.8, 4) is 0 Å². The van der Waals surface area contributed by atoms with E-state index in [-0.39, 0.29) is 5.92 Å². The normalized spacial score (nSPS) is 31.3. The Morgan fingerprint density at radius 1 is 1.36 bits per heavy atom. The Hall–Kier alpha value is -0.860. The molecule has 0 spiro atoms. The summed E-state index contributed by atoms with van der Waals surface area (Å²) in [5, 5.41) is 8.66. The third kappa shape index (κ3) is 1.79. The predicted octanol–water partition coefficient (Wildman–Crippen LogP) is 0.987. The van der Waals surface area contributed by atoms with Crippen molar-refractivity contribution in [2.24, 2.45) is 11.8 Å². The molecule has 0 amide bonds. The van der Waals surface area contributed by atoms with E-state index in [0.717, 1.165) is 12.8 Å². The van der Waals surface area contributed by atoms with E-state index in [1.807, 2.05) is 0 Å². The summed E-state index contributed by atoms with van der Waals surface area (Å²) in [5.41, 5.74) is 0. The minimum atomic E-state index is -0.849. The van der Waals surface area contributed by atoms with Gasteiger partial charge in [0.15, 0.2) is 0 Å². The maximum Gasteiger partial charge on any atom is 0.307 e. The van der Waals surface area contributed by atoms with Crippen LogP contribution in [0.2, 0.25) is 0 Å². The summed E-state index contributed by atoms with van der Waals surface area (Å²) in [4.78, 5) is 20.8. The van der Waals surface area contributed by atoms with Gasteiger partial charge in [-0.3, -0.25) is 9.59 Å². The summed E-state index contributed by atoms with van der Waals surface area (Å²) >= 11 is 0. The van der Waals surface area contributed by atoms with Gasteiger partial charge < -0.3 is 5.11 Å². The molecule has 0 unspecified atom stereocenters. The van der Waals surface area contributed by atoms with E-state index in [9.17, 15) is 9.59 Å². The molecular weight excluding hydrogens is 144 g/mol. The number of carboxylic acids is 1. The Morgan fingerprint density at radius 3 is 2.45 bits per heavy atom. The van der Waals surface area contributed by atoms with Crippen LogP contribution < -0.4 is 0 Å². The van der Waals surface area contributed by atoms with Crippen LogP contribution in [0.1, 0.15) is 25.7 Å². The topological polar surface area (TPSA) is 54.4 Å². The lowest BCUT2D eigenvalue weighted by Gasteiger charge is -2.22. The fraction of sp³-hybridized carbons (Fsp3) is 0.750. The largest absolute Gasteiger partial charge is 0.481 e. The zero-order chi connectivity index (χ0) is 8.27. The SMILES string of the molecule is O=[C][C@@H]1CCCC[C@H]1C(=O)O. The molecule has 0 saturated heterocycles. The van der Waals surface area contributed by atoms with Crippen molar-refractivity contribution in [3.05, 3.63) is 0 Å². The fourth-order valence-electron chi connectivity index (χ4n) is 1.57. The Labute approximate surface area is 65.4 Å². The van der Waals surface area contributed by atoms with E-state index in [1.165, 1.54) is 0 Å². The highest BCUT2D eigenvalue weighted by atomic mass is 16.4. The second-order valence-electron chi connectivity index (χ2n) is 2.95. The molecule has 3 heteroatoms. The maximum absolute atomic E-state index is 10.5. The van der Waals surface area contributed by atoms with Crippen molar-refractivity contribution < 1.29 is 14.7 Å². The third-order valence-electron chi connectivity index (χ3n) is 2.23. The molecule has 1 N–H and O–H groups in total. The van der Waals surface area contributed by atoms with E-state index in [1.54, 1.807) is 6.29 Å². The summed E-state index contributed by atoms with van der Waals surface area (Å²) in [7, 11) is 0. The smallest absolute Gasteiger partial charge is 0.307 e. The first-order chi connectivity index (χ1) is 5.25. The van der Waals surface area contributed by atoms with E-state index in [0.29, 0.717) is 12.8 Å². The minimum absolute atomic E-state index is 0.360. The molecular formula is C8H11O3. The lowest BCUT2D eigenvalue weighted by Crippen LogP contribution is -2.27. The summed E-state index contributed by atoms with van der Waals surface area (Å²) in [6.45, 7) is 0. The van der Waals surface area contributed by atoms with Gasteiger partial charge in [0.2, 0.25) is 6.29 Å². The summed E-state index contributed by atoms with van der Waals surface area (Å²) in [5.74, 6) is -1.68. The zero-order valence-electron chi connectivity index (χ0n) is 6.25. The van der Waals surface area contributed by atoms with Crippen molar-refractivity contribution in [3.63, 3.8) is 0 Å². The van der Waals surface area contributed by atoms with Crippen molar-refractivity contribution in [2.75, 3.05) is 0 Å². The minimum Gasteiger partial charge on any atom is -0.481 e. The van der Waals surface area contributed by atoms with Crippen molar-refractivity contribution in [1.29, 1.82) is 0 Å². The number of carbonyl (C=O) groups excluding carboxylic acids is 1. The highest BCUT2D eigenvalue weighted by Crippen LogP contribution is 2.28. The second-order valence-corrected chi connectivity index (χ2v) is 2.95. The standard InChI is InChI=1S/C8H11O3/c9-5-6-3-1-2-4-7(6)8(10)11/h6-7H,1-4H2,(H,10,11)/t6-,7+/m0/s1. The lowest BCUT2D eigenvalue weighted by molar-refractivity contribution is -0.143. The first-order valence-corrected chi connectivity index (χ1v) is 3.86. The van der Waals surface area contributed by atoms with E-state index < -0.39 is 11.9 Å². The van der Waals surface area contributed by atoms with Gasteiger partial charge in [-0.25, -0.2) is 0 Å². The van der Waals surface area contributed by atoms with Crippen LogP contribution in [-0.2, 0) is 9.59 Å². The molecule has 0 aromatic rings. The number of hydrogen-bond donors (Lipinski definition) is 1. The Kier molecular flexibility index (Phi) is 2.63. The second kappa shape index (κ2) is 3.51. The number of carbonyl (C=O) groups is 1. The third-order valence-corrected chi connectivity index (χ3v) is 2.23. The first-order valence-electron chi connectivity index (χ1n) is 3.86. The van der Waals surface area contributed by atoms with Crippen molar-refractivity contribution in [2.45, 2.75) is 25.7 Å². The number of aliphatic carboxylic acids is 1. The molecule has 61 valence electrons. The Balaban J connectivity index is 2.58. The van der Waals surface area contributed by atoms with Crippen LogP contribution in [0.25, 0.3) is 0 Å². The van der Waals surface area contributed by atoms with Crippen molar-refractivity contribution in [1.82, 2.24) is 0 Å². The average molecular weight is 155 g/mol. The molecule has 1 fully saturated rings. The maximum atomic E-state index is 10.5. The molecule has 0 bridgehead atoms. The number of rotatable bonds is 2. The van der Waals surface area contributed by atoms with Gasteiger partial charge in [-0.15, -0.1) is 0 Å². The molecule has 1 aliphatic carbocycles. The molecule has 3 nitrogen and oxygen atoms in total. The van der Waals surface area contributed by atoms with E-state index >= 15 is 0 Å². The Bertz CT molecular complexity index is 165. The van der Waals surface area contributed by atoms with Gasteiger partial charge in [0.25, 0.3) is 0 Å².